The van der Waals surface area contributed by atoms with Crippen LogP contribution >= 0.6 is 0 Å². The summed E-state index contributed by atoms with van der Waals surface area (Å²) in [6.07, 6.45) is 0. The third-order valence-electron chi connectivity index (χ3n) is 0.936. The number of hydrogen-bond acceptors (Lipinski definition) is 2. The summed E-state index contributed by atoms with van der Waals surface area (Å²) < 4.78 is 15.0. The van der Waals surface area contributed by atoms with Crippen LogP contribution in [0.1, 0.15) is 0 Å². The molecule has 0 aliphatic carbocycles. The molecule has 1 saturated heterocycles. The van der Waals surface area contributed by atoms with Crippen molar-refractivity contribution in [1.29, 1.82) is 0 Å². The van der Waals surface area contributed by atoms with Crippen molar-refractivity contribution < 1.29 is 8.95 Å². The smallest absolute Gasteiger partial charge is 0.0966 e. The fourth-order valence-electron chi connectivity index (χ4n) is 0.348. The van der Waals surface area contributed by atoms with Crippen molar-refractivity contribution in [3.05, 3.63) is 0 Å². The van der Waals surface area contributed by atoms with Crippen molar-refractivity contribution in [2.24, 2.45) is 5.14 Å². The van der Waals surface area contributed by atoms with E-state index in [2.05, 4.69) is 0 Å². The highest BCUT2D eigenvalue weighted by atomic mass is 32.2. The largest absolute Gasteiger partial charge is 0.379 e. The van der Waals surface area contributed by atoms with Gasteiger partial charge in [0.15, 0.2) is 0 Å². The molecular formula is C3H7NO2S. The molecule has 1 heterocycles. The van der Waals surface area contributed by atoms with Gasteiger partial charge in [-0.2, -0.15) is 0 Å². The minimum Gasteiger partial charge on any atom is -0.379 e. The fourth-order valence-corrected chi connectivity index (χ4v) is 0.809. The average Bonchev–Trinajstić information content (AvgIpc) is 1.23. The zero-order valence-electron chi connectivity index (χ0n) is 3.79. The van der Waals surface area contributed by atoms with Gasteiger partial charge in [0.2, 0.25) is 0 Å². The lowest BCUT2D eigenvalue weighted by Gasteiger charge is -2.22. The Hall–Kier alpha value is 0.0700. The standard InChI is InChI=1S/C3H7NO2S/c4-7(5)3-1-6-2-3/h3H,1-2,4H2. The zero-order chi connectivity index (χ0) is 5.28. The number of rotatable bonds is 1. The van der Waals surface area contributed by atoms with E-state index in [1.54, 1.807) is 0 Å². The van der Waals surface area contributed by atoms with E-state index in [4.69, 9.17) is 9.88 Å². The predicted octanol–water partition coefficient (Wildman–Crippen LogP) is -0.992. The van der Waals surface area contributed by atoms with Gasteiger partial charge in [0.05, 0.1) is 29.4 Å². The summed E-state index contributed by atoms with van der Waals surface area (Å²) >= 11 is 0. The molecule has 3 nitrogen and oxygen atoms in total. The van der Waals surface area contributed by atoms with Crippen molar-refractivity contribution in [3.8, 4) is 0 Å². The zero-order valence-corrected chi connectivity index (χ0v) is 4.61. The second-order valence-corrected chi connectivity index (χ2v) is 2.81. The lowest BCUT2D eigenvalue weighted by atomic mass is 10.4. The van der Waals surface area contributed by atoms with E-state index >= 15 is 0 Å². The van der Waals surface area contributed by atoms with Gasteiger partial charge in [0, 0.05) is 0 Å². The van der Waals surface area contributed by atoms with Gasteiger partial charge >= 0.3 is 0 Å². The maximum Gasteiger partial charge on any atom is 0.0966 e. The van der Waals surface area contributed by atoms with Crippen molar-refractivity contribution >= 4 is 11.0 Å². The maximum atomic E-state index is 10.2. The van der Waals surface area contributed by atoms with Crippen molar-refractivity contribution in [1.82, 2.24) is 0 Å². The highest BCUT2D eigenvalue weighted by Crippen LogP contribution is 2.03. The first-order valence-electron chi connectivity index (χ1n) is 2.03. The molecule has 1 fully saturated rings. The molecule has 1 rings (SSSR count). The van der Waals surface area contributed by atoms with Crippen LogP contribution in [0.3, 0.4) is 0 Å². The Kier molecular flexibility index (Phi) is 1.41. The van der Waals surface area contributed by atoms with E-state index in [9.17, 15) is 4.21 Å². The molecule has 7 heavy (non-hydrogen) atoms. The van der Waals surface area contributed by atoms with Gasteiger partial charge in [0.25, 0.3) is 0 Å². The predicted molar refractivity (Wildman–Crippen MR) is 26.9 cm³/mol. The van der Waals surface area contributed by atoms with Crippen LogP contribution in [0.25, 0.3) is 0 Å². The van der Waals surface area contributed by atoms with Gasteiger partial charge in [0.1, 0.15) is 0 Å². The van der Waals surface area contributed by atoms with Crippen LogP contribution in [0.4, 0.5) is 0 Å². The molecule has 0 aromatic rings. The number of ether oxygens (including phenoxy) is 1. The molecule has 2 N–H and O–H groups in total. The Bertz CT molecular complexity index is 90.9. The van der Waals surface area contributed by atoms with E-state index in [0.717, 1.165) is 0 Å². The Labute approximate surface area is 44.4 Å². The van der Waals surface area contributed by atoms with Crippen molar-refractivity contribution in [2.75, 3.05) is 13.2 Å². The Balaban J connectivity index is 2.27. The van der Waals surface area contributed by atoms with Crippen LogP contribution in [0.5, 0.6) is 0 Å². The highest BCUT2D eigenvalue weighted by Gasteiger charge is 2.22. The Morgan fingerprint density at radius 1 is 1.71 bits per heavy atom. The third-order valence-corrected chi connectivity index (χ3v) is 1.87. The molecule has 0 amide bonds. The van der Waals surface area contributed by atoms with E-state index in [1.807, 2.05) is 0 Å². The molecule has 0 aromatic heterocycles. The average molecular weight is 121 g/mol. The van der Waals surface area contributed by atoms with E-state index in [-0.39, 0.29) is 5.25 Å². The molecule has 1 atom stereocenters. The second kappa shape index (κ2) is 1.90. The van der Waals surface area contributed by atoms with Crippen molar-refractivity contribution in [2.45, 2.75) is 5.25 Å². The van der Waals surface area contributed by atoms with E-state index < -0.39 is 11.0 Å². The van der Waals surface area contributed by atoms with Gasteiger partial charge < -0.3 is 4.74 Å². The SMILES string of the molecule is NS(=O)C1COC1. The number of nitrogens with two attached hydrogens (primary N) is 1. The van der Waals surface area contributed by atoms with Crippen LogP contribution in [-0.2, 0) is 15.7 Å². The summed E-state index contributed by atoms with van der Waals surface area (Å²) in [6.45, 7) is 1.15. The first kappa shape index (κ1) is 5.21. The lowest BCUT2D eigenvalue weighted by Crippen LogP contribution is -2.40. The molecule has 42 valence electrons. The molecule has 0 saturated carbocycles. The molecule has 0 spiro atoms. The lowest BCUT2D eigenvalue weighted by molar-refractivity contribution is 0.0435. The van der Waals surface area contributed by atoms with Crippen LogP contribution < -0.4 is 5.14 Å². The first-order chi connectivity index (χ1) is 3.30. The van der Waals surface area contributed by atoms with Gasteiger partial charge in [-0.1, -0.05) is 0 Å². The van der Waals surface area contributed by atoms with Gasteiger partial charge in [-0.15, -0.1) is 0 Å². The fraction of sp³-hybridized carbons (Fsp3) is 1.00. The molecule has 0 bridgehead atoms. The Morgan fingerprint density at radius 3 is 2.29 bits per heavy atom. The summed E-state index contributed by atoms with van der Waals surface area (Å²) in [7, 11) is -1.15. The van der Waals surface area contributed by atoms with Crippen LogP contribution in [0.2, 0.25) is 0 Å². The first-order valence-corrected chi connectivity index (χ1v) is 3.31. The second-order valence-electron chi connectivity index (χ2n) is 1.49. The molecule has 1 unspecified atom stereocenters. The van der Waals surface area contributed by atoms with Gasteiger partial charge in [-0.3, -0.25) is 5.14 Å². The summed E-state index contributed by atoms with van der Waals surface area (Å²) in [5.74, 6) is 0. The molecule has 4 heteroatoms. The summed E-state index contributed by atoms with van der Waals surface area (Å²) in [6, 6.07) is 0. The third kappa shape index (κ3) is 0.992. The van der Waals surface area contributed by atoms with Gasteiger partial charge in [-0.05, 0) is 0 Å². The van der Waals surface area contributed by atoms with E-state index in [0.29, 0.717) is 13.2 Å². The summed E-state index contributed by atoms with van der Waals surface area (Å²) in [4.78, 5) is 0. The minimum atomic E-state index is -1.15. The molecule has 1 aliphatic rings. The normalized spacial score (nSPS) is 26.4. The molecule has 0 radical (unpaired) electrons. The van der Waals surface area contributed by atoms with Crippen LogP contribution in [0.15, 0.2) is 0 Å². The highest BCUT2D eigenvalue weighted by molar-refractivity contribution is 7.83. The van der Waals surface area contributed by atoms with Crippen LogP contribution in [0, 0.1) is 0 Å². The summed E-state index contributed by atoms with van der Waals surface area (Å²) in [5.41, 5.74) is 0. The van der Waals surface area contributed by atoms with E-state index in [1.165, 1.54) is 0 Å². The molecule has 0 aromatic carbocycles. The molecule has 1 aliphatic heterocycles. The topological polar surface area (TPSA) is 52.3 Å². The minimum absolute atomic E-state index is 0.111. The number of hydrogen-bond donors (Lipinski definition) is 1. The monoisotopic (exact) mass is 121 g/mol. The summed E-state index contributed by atoms with van der Waals surface area (Å²) in [5, 5.41) is 5.10. The quantitative estimate of drug-likeness (QED) is 0.484. The van der Waals surface area contributed by atoms with Crippen LogP contribution in [-0.4, -0.2) is 22.7 Å². The Morgan fingerprint density at radius 2 is 2.29 bits per heavy atom. The molecular weight excluding hydrogens is 114 g/mol. The maximum absolute atomic E-state index is 10.2. The van der Waals surface area contributed by atoms with Crippen molar-refractivity contribution in [3.63, 3.8) is 0 Å². The van der Waals surface area contributed by atoms with Gasteiger partial charge in [-0.25, -0.2) is 4.21 Å².